The van der Waals surface area contributed by atoms with E-state index >= 15 is 0 Å². The van der Waals surface area contributed by atoms with E-state index in [4.69, 9.17) is 9.63 Å². The van der Waals surface area contributed by atoms with Crippen LogP contribution in [0.2, 0.25) is 0 Å². The van der Waals surface area contributed by atoms with Crippen molar-refractivity contribution in [2.75, 3.05) is 5.32 Å². The molecule has 0 aliphatic carbocycles. The van der Waals surface area contributed by atoms with Crippen molar-refractivity contribution in [3.63, 3.8) is 0 Å². The van der Waals surface area contributed by atoms with Gasteiger partial charge in [-0.3, -0.25) is 4.79 Å². The van der Waals surface area contributed by atoms with Crippen molar-refractivity contribution in [3.05, 3.63) is 46.8 Å². The fourth-order valence-electron chi connectivity index (χ4n) is 1.63. The summed E-state index contributed by atoms with van der Waals surface area (Å²) in [7, 11) is 0. The number of benzene rings is 1. The van der Waals surface area contributed by atoms with E-state index in [0.717, 1.165) is 0 Å². The summed E-state index contributed by atoms with van der Waals surface area (Å²) in [5.41, 5.74) is 1.78. The normalized spacial score (nSPS) is 10.2. The van der Waals surface area contributed by atoms with Gasteiger partial charge in [0.25, 0.3) is 5.91 Å². The van der Waals surface area contributed by atoms with E-state index in [0.29, 0.717) is 16.8 Å². The lowest BCUT2D eigenvalue weighted by atomic mass is 10.1. The summed E-state index contributed by atoms with van der Waals surface area (Å²) in [6.07, 6.45) is 1.44. The first-order valence-electron chi connectivity index (χ1n) is 5.55. The van der Waals surface area contributed by atoms with Crippen LogP contribution in [-0.2, 0) is 0 Å². The van der Waals surface area contributed by atoms with Crippen molar-refractivity contribution in [1.82, 2.24) is 5.16 Å². The third kappa shape index (κ3) is 2.62. The maximum absolute atomic E-state index is 11.9. The van der Waals surface area contributed by atoms with Gasteiger partial charge in [-0.05, 0) is 31.5 Å². The van der Waals surface area contributed by atoms with E-state index in [-0.39, 0.29) is 11.3 Å². The molecule has 0 spiro atoms. The van der Waals surface area contributed by atoms with Gasteiger partial charge in [0.1, 0.15) is 0 Å². The molecule has 0 saturated carbocycles. The molecule has 2 aromatic rings. The number of carbonyl (C=O) groups excluding carboxylic acids is 1. The molecule has 1 aromatic heterocycles. The predicted molar refractivity (Wildman–Crippen MR) is 67.3 cm³/mol. The van der Waals surface area contributed by atoms with Crippen LogP contribution in [0.5, 0.6) is 0 Å². The van der Waals surface area contributed by atoms with Gasteiger partial charge in [0.05, 0.1) is 11.8 Å². The quantitative estimate of drug-likeness (QED) is 0.882. The lowest BCUT2D eigenvalue weighted by Crippen LogP contribution is -2.13. The number of carboxylic acids is 1. The maximum atomic E-state index is 11.9. The highest BCUT2D eigenvalue weighted by atomic mass is 16.5. The molecule has 0 aliphatic heterocycles. The molecule has 0 aliphatic rings. The Morgan fingerprint density at radius 1 is 1.26 bits per heavy atom. The minimum absolute atomic E-state index is 0.109. The van der Waals surface area contributed by atoms with Crippen molar-refractivity contribution in [2.24, 2.45) is 0 Å². The Balaban J connectivity index is 2.25. The van der Waals surface area contributed by atoms with Crippen LogP contribution in [0.1, 0.15) is 32.0 Å². The Labute approximate surface area is 109 Å². The van der Waals surface area contributed by atoms with Gasteiger partial charge in [-0.1, -0.05) is 11.2 Å². The number of amides is 1. The molecule has 1 amide bonds. The van der Waals surface area contributed by atoms with Crippen molar-refractivity contribution in [2.45, 2.75) is 13.8 Å². The Morgan fingerprint density at radius 3 is 2.58 bits per heavy atom. The Morgan fingerprint density at radius 2 is 2.00 bits per heavy atom. The highest BCUT2D eigenvalue weighted by Crippen LogP contribution is 2.17. The highest BCUT2D eigenvalue weighted by Gasteiger charge is 2.15. The molecule has 1 heterocycles. The molecule has 0 radical (unpaired) electrons. The fraction of sp³-hybridized carbons (Fsp3) is 0.154. The second kappa shape index (κ2) is 4.93. The van der Waals surface area contributed by atoms with Gasteiger partial charge < -0.3 is 14.9 Å². The molecule has 0 saturated heterocycles. The third-order valence-electron chi connectivity index (χ3n) is 2.68. The standard InChI is InChI=1S/C13H12N2O4/c1-7-3-4-9(5-10(7)13(17)18)15-12(16)11-8(2)6-14-19-11/h3-6H,1-2H3,(H,15,16)(H,17,18). The number of aromatic nitrogens is 1. The van der Waals surface area contributed by atoms with Gasteiger partial charge in [-0.15, -0.1) is 0 Å². The smallest absolute Gasteiger partial charge is 0.336 e. The zero-order valence-electron chi connectivity index (χ0n) is 10.4. The molecule has 0 atom stereocenters. The van der Waals surface area contributed by atoms with Crippen LogP contribution >= 0.6 is 0 Å². The van der Waals surface area contributed by atoms with Crippen LogP contribution in [0.3, 0.4) is 0 Å². The summed E-state index contributed by atoms with van der Waals surface area (Å²) in [6.45, 7) is 3.39. The number of carbonyl (C=O) groups is 2. The Bertz CT molecular complexity index is 646. The van der Waals surface area contributed by atoms with E-state index in [2.05, 4.69) is 10.5 Å². The first kappa shape index (κ1) is 12.8. The summed E-state index contributed by atoms with van der Waals surface area (Å²) in [6, 6.07) is 4.67. The molecule has 19 heavy (non-hydrogen) atoms. The molecule has 6 heteroatoms. The Hall–Kier alpha value is -2.63. The largest absolute Gasteiger partial charge is 0.478 e. The molecular weight excluding hydrogens is 248 g/mol. The number of aromatic carboxylic acids is 1. The second-order valence-corrected chi connectivity index (χ2v) is 4.13. The Kier molecular flexibility index (Phi) is 3.33. The SMILES string of the molecule is Cc1ccc(NC(=O)c2oncc2C)cc1C(=O)O. The van der Waals surface area contributed by atoms with Crippen LogP contribution in [0, 0.1) is 13.8 Å². The molecule has 98 valence electrons. The zero-order valence-corrected chi connectivity index (χ0v) is 10.4. The van der Waals surface area contributed by atoms with Crippen molar-refractivity contribution < 1.29 is 19.2 Å². The minimum Gasteiger partial charge on any atom is -0.478 e. The molecule has 6 nitrogen and oxygen atoms in total. The monoisotopic (exact) mass is 260 g/mol. The number of carboxylic acid groups (broad SMARTS) is 1. The van der Waals surface area contributed by atoms with E-state index in [9.17, 15) is 9.59 Å². The molecule has 0 fully saturated rings. The number of aryl methyl sites for hydroxylation is 2. The van der Waals surface area contributed by atoms with Gasteiger partial charge in [0, 0.05) is 11.3 Å². The molecule has 0 unspecified atom stereocenters. The zero-order chi connectivity index (χ0) is 14.0. The van der Waals surface area contributed by atoms with Crippen molar-refractivity contribution >= 4 is 17.6 Å². The van der Waals surface area contributed by atoms with Crippen LogP contribution in [0.15, 0.2) is 28.9 Å². The molecule has 1 aromatic carbocycles. The minimum atomic E-state index is -1.04. The van der Waals surface area contributed by atoms with E-state index in [1.165, 1.54) is 12.3 Å². The van der Waals surface area contributed by atoms with Crippen LogP contribution in [0.4, 0.5) is 5.69 Å². The summed E-state index contributed by atoms with van der Waals surface area (Å²) < 4.78 is 4.82. The predicted octanol–water partition coefficient (Wildman–Crippen LogP) is 2.24. The van der Waals surface area contributed by atoms with Crippen molar-refractivity contribution in [1.29, 1.82) is 0 Å². The third-order valence-corrected chi connectivity index (χ3v) is 2.68. The molecular formula is C13H12N2O4. The number of nitrogens with zero attached hydrogens (tertiary/aromatic N) is 1. The number of rotatable bonds is 3. The fourth-order valence-corrected chi connectivity index (χ4v) is 1.63. The number of hydrogen-bond acceptors (Lipinski definition) is 4. The van der Waals surface area contributed by atoms with Crippen LogP contribution in [-0.4, -0.2) is 22.1 Å². The van der Waals surface area contributed by atoms with Gasteiger partial charge in [0.15, 0.2) is 0 Å². The summed E-state index contributed by atoms with van der Waals surface area (Å²) in [5, 5.41) is 15.1. The van der Waals surface area contributed by atoms with Gasteiger partial charge in [0.2, 0.25) is 5.76 Å². The van der Waals surface area contributed by atoms with E-state index in [1.54, 1.807) is 26.0 Å². The highest BCUT2D eigenvalue weighted by molar-refractivity contribution is 6.03. The van der Waals surface area contributed by atoms with E-state index in [1.807, 2.05) is 0 Å². The van der Waals surface area contributed by atoms with Gasteiger partial charge in [-0.25, -0.2) is 4.79 Å². The second-order valence-electron chi connectivity index (χ2n) is 4.13. The summed E-state index contributed by atoms with van der Waals surface area (Å²) >= 11 is 0. The molecule has 0 bridgehead atoms. The first-order chi connectivity index (χ1) is 8.99. The molecule has 2 rings (SSSR count). The van der Waals surface area contributed by atoms with Crippen molar-refractivity contribution in [3.8, 4) is 0 Å². The summed E-state index contributed by atoms with van der Waals surface area (Å²) in [4.78, 5) is 22.9. The average Bonchev–Trinajstić information content (AvgIpc) is 2.77. The first-order valence-corrected chi connectivity index (χ1v) is 5.55. The number of nitrogens with one attached hydrogen (secondary N) is 1. The summed E-state index contributed by atoms with van der Waals surface area (Å²) in [5.74, 6) is -1.39. The van der Waals surface area contributed by atoms with Gasteiger partial charge >= 0.3 is 5.97 Å². The lowest BCUT2D eigenvalue weighted by molar-refractivity contribution is 0.0695. The number of hydrogen-bond donors (Lipinski definition) is 2. The van der Waals surface area contributed by atoms with Crippen LogP contribution in [0.25, 0.3) is 0 Å². The van der Waals surface area contributed by atoms with E-state index < -0.39 is 11.9 Å². The average molecular weight is 260 g/mol. The molecule has 2 N–H and O–H groups in total. The lowest BCUT2D eigenvalue weighted by Gasteiger charge is -2.06. The maximum Gasteiger partial charge on any atom is 0.336 e. The van der Waals surface area contributed by atoms with Gasteiger partial charge in [-0.2, -0.15) is 0 Å². The topological polar surface area (TPSA) is 92.4 Å². The number of anilines is 1. The van der Waals surface area contributed by atoms with Crippen LogP contribution < -0.4 is 5.32 Å².